The number of nitrogens with zero attached hydrogens (tertiary/aromatic N) is 2. The molecule has 1 amide bonds. The summed E-state index contributed by atoms with van der Waals surface area (Å²) in [6, 6.07) is 11.2. The van der Waals surface area contributed by atoms with Crippen LogP contribution in [0.25, 0.3) is 11.0 Å². The Morgan fingerprint density at radius 3 is 2.56 bits per heavy atom. The maximum Gasteiger partial charge on any atom is 0.323 e. The Balaban J connectivity index is 1.14. The largest absolute Gasteiger partial charge is 0.486 e. The molecule has 2 aliphatic heterocycles. The number of H-pyrrole nitrogens is 2. The summed E-state index contributed by atoms with van der Waals surface area (Å²) in [5, 5.41) is 2.96. The molecule has 2 aromatic carbocycles. The van der Waals surface area contributed by atoms with Crippen LogP contribution < -0.4 is 20.5 Å². The minimum absolute atomic E-state index is 0.0532. The van der Waals surface area contributed by atoms with Crippen LogP contribution in [-0.4, -0.2) is 71.1 Å². The third-order valence-electron chi connectivity index (χ3n) is 6.13. The van der Waals surface area contributed by atoms with E-state index in [1.807, 2.05) is 13.0 Å². The van der Waals surface area contributed by atoms with Crippen molar-refractivity contribution in [2.24, 2.45) is 0 Å². The Bertz CT molecular complexity index is 1180. The number of ether oxygens (including phenoxy) is 2. The predicted molar refractivity (Wildman–Crippen MR) is 121 cm³/mol. The molecule has 0 bridgehead atoms. The van der Waals surface area contributed by atoms with Gasteiger partial charge in [0.15, 0.2) is 11.5 Å². The number of rotatable bonds is 5. The maximum atomic E-state index is 12.8. The van der Waals surface area contributed by atoms with Crippen LogP contribution in [0.5, 0.6) is 11.5 Å². The van der Waals surface area contributed by atoms with Crippen molar-refractivity contribution in [2.45, 2.75) is 19.5 Å². The number of nitrogens with one attached hydrogen (secondary N) is 3. The summed E-state index contributed by atoms with van der Waals surface area (Å²) in [5.41, 5.74) is 3.00. The van der Waals surface area contributed by atoms with Crippen LogP contribution in [0.2, 0.25) is 0 Å². The number of benzene rings is 2. The summed E-state index contributed by atoms with van der Waals surface area (Å²) >= 11 is 0. The fraction of sp³-hybridized carbons (Fsp3) is 0.391. The fourth-order valence-electron chi connectivity index (χ4n) is 4.28. The van der Waals surface area contributed by atoms with E-state index in [1.165, 1.54) is 5.56 Å². The molecule has 1 saturated heterocycles. The van der Waals surface area contributed by atoms with E-state index >= 15 is 0 Å². The predicted octanol–water partition coefficient (Wildman–Crippen LogP) is 1.77. The lowest BCUT2D eigenvalue weighted by Crippen LogP contribution is -2.52. The molecule has 5 rings (SSSR count). The number of piperazine rings is 1. The van der Waals surface area contributed by atoms with Gasteiger partial charge >= 0.3 is 5.69 Å². The summed E-state index contributed by atoms with van der Waals surface area (Å²) in [6.45, 7) is 7.40. The minimum Gasteiger partial charge on any atom is -0.486 e. The Kier molecular flexibility index (Phi) is 5.59. The van der Waals surface area contributed by atoms with Crippen molar-refractivity contribution in [3.05, 3.63) is 52.4 Å². The Morgan fingerprint density at radius 1 is 1.00 bits per heavy atom. The van der Waals surface area contributed by atoms with Gasteiger partial charge in [-0.25, -0.2) is 4.79 Å². The summed E-state index contributed by atoms with van der Waals surface area (Å²) in [5.74, 6) is 1.58. The Hall–Kier alpha value is -3.30. The highest BCUT2D eigenvalue weighted by atomic mass is 16.6. The molecule has 9 nitrogen and oxygen atoms in total. The average Bonchev–Trinajstić information content (AvgIpc) is 3.18. The molecule has 32 heavy (non-hydrogen) atoms. The van der Waals surface area contributed by atoms with Crippen molar-refractivity contribution in [1.82, 2.24) is 19.8 Å². The van der Waals surface area contributed by atoms with Crippen LogP contribution >= 0.6 is 0 Å². The number of hydrogen-bond donors (Lipinski definition) is 3. The van der Waals surface area contributed by atoms with Gasteiger partial charge in [-0.2, -0.15) is 0 Å². The number of hydrogen-bond acceptors (Lipinski definition) is 6. The molecule has 0 aliphatic carbocycles. The molecule has 0 spiro atoms. The second kappa shape index (κ2) is 8.68. The van der Waals surface area contributed by atoms with Crippen LogP contribution in [-0.2, 0) is 11.3 Å². The quantitative estimate of drug-likeness (QED) is 0.562. The zero-order chi connectivity index (χ0) is 22.1. The number of imidazole rings is 1. The van der Waals surface area contributed by atoms with Crippen molar-refractivity contribution in [3.8, 4) is 11.5 Å². The molecule has 0 radical (unpaired) electrons. The molecule has 1 atom stereocenters. The first-order chi connectivity index (χ1) is 15.5. The summed E-state index contributed by atoms with van der Waals surface area (Å²) in [7, 11) is 0. The lowest BCUT2D eigenvalue weighted by molar-refractivity contribution is -0.121. The molecular formula is C23H27N5O4. The first-order valence-corrected chi connectivity index (χ1v) is 10.9. The highest BCUT2D eigenvalue weighted by molar-refractivity contribution is 5.96. The van der Waals surface area contributed by atoms with Crippen LogP contribution in [0.1, 0.15) is 12.5 Å². The molecular weight excluding hydrogens is 410 g/mol. The van der Waals surface area contributed by atoms with Crippen LogP contribution in [0.3, 0.4) is 0 Å². The number of amides is 1. The summed E-state index contributed by atoms with van der Waals surface area (Å²) in [4.78, 5) is 34.2. The molecule has 3 heterocycles. The number of carbonyl (C=O) groups excluding carboxylic acids is 1. The second-order valence-corrected chi connectivity index (χ2v) is 8.29. The molecule has 3 N–H and O–H groups in total. The van der Waals surface area contributed by atoms with Gasteiger partial charge in [-0.3, -0.25) is 14.6 Å². The Morgan fingerprint density at radius 2 is 1.75 bits per heavy atom. The SMILES string of the molecule is C[C@@H](C(=O)Nc1ccc2[nH]c(=O)[nH]c2c1)N1CCN(Cc2ccc3c(c2)OCCO3)CC1. The molecule has 168 valence electrons. The molecule has 1 fully saturated rings. The van der Waals surface area contributed by atoms with E-state index in [-0.39, 0.29) is 17.6 Å². The second-order valence-electron chi connectivity index (χ2n) is 8.29. The van der Waals surface area contributed by atoms with Crippen molar-refractivity contribution in [1.29, 1.82) is 0 Å². The maximum absolute atomic E-state index is 12.8. The van der Waals surface area contributed by atoms with Gasteiger partial charge in [0.25, 0.3) is 0 Å². The van der Waals surface area contributed by atoms with E-state index in [4.69, 9.17) is 9.47 Å². The highest BCUT2D eigenvalue weighted by Gasteiger charge is 2.26. The first-order valence-electron chi connectivity index (χ1n) is 10.9. The first kappa shape index (κ1) is 20.6. The van der Waals surface area contributed by atoms with Gasteiger partial charge in [0, 0.05) is 38.4 Å². The van der Waals surface area contributed by atoms with Gasteiger partial charge in [-0.1, -0.05) is 6.07 Å². The minimum atomic E-state index is -0.258. The van der Waals surface area contributed by atoms with Crippen molar-refractivity contribution < 1.29 is 14.3 Å². The Labute approximate surface area is 185 Å². The smallest absolute Gasteiger partial charge is 0.323 e. The van der Waals surface area contributed by atoms with Crippen LogP contribution in [0, 0.1) is 0 Å². The summed E-state index contributed by atoms with van der Waals surface area (Å²) < 4.78 is 11.3. The van der Waals surface area contributed by atoms with E-state index in [0.717, 1.165) is 49.7 Å². The number of fused-ring (bicyclic) bond motifs is 2. The van der Waals surface area contributed by atoms with Crippen molar-refractivity contribution in [2.75, 3.05) is 44.7 Å². The molecule has 0 saturated carbocycles. The number of aromatic amines is 2. The van der Waals surface area contributed by atoms with E-state index in [2.05, 4.69) is 37.2 Å². The zero-order valence-corrected chi connectivity index (χ0v) is 18.0. The fourth-order valence-corrected chi connectivity index (χ4v) is 4.28. The van der Waals surface area contributed by atoms with Gasteiger partial charge in [0.2, 0.25) is 5.91 Å². The van der Waals surface area contributed by atoms with Gasteiger partial charge in [-0.05, 0) is 42.8 Å². The number of carbonyl (C=O) groups is 1. The van der Waals surface area contributed by atoms with Gasteiger partial charge in [0.05, 0.1) is 17.1 Å². The zero-order valence-electron chi connectivity index (χ0n) is 18.0. The lowest BCUT2D eigenvalue weighted by Gasteiger charge is -2.37. The van der Waals surface area contributed by atoms with Crippen molar-refractivity contribution >= 4 is 22.6 Å². The normalized spacial score (nSPS) is 17.9. The standard InChI is InChI=1S/C23H27N5O4/c1-15(22(29)24-17-3-4-18-19(13-17)26-23(30)25-18)28-8-6-27(7-9-28)14-16-2-5-20-21(12-16)32-11-10-31-20/h2-5,12-13,15H,6-11,14H2,1H3,(H,24,29)(H2,25,26,30)/t15-/m0/s1. The highest BCUT2D eigenvalue weighted by Crippen LogP contribution is 2.31. The van der Waals surface area contributed by atoms with Crippen LogP contribution in [0.15, 0.2) is 41.2 Å². The molecule has 9 heteroatoms. The third kappa shape index (κ3) is 4.35. The van der Waals surface area contributed by atoms with Crippen molar-refractivity contribution in [3.63, 3.8) is 0 Å². The topological polar surface area (TPSA) is 103 Å². The number of aromatic nitrogens is 2. The average molecular weight is 438 g/mol. The van der Waals surface area contributed by atoms with Gasteiger partial charge in [0.1, 0.15) is 13.2 Å². The van der Waals surface area contributed by atoms with Crippen LogP contribution in [0.4, 0.5) is 5.69 Å². The summed E-state index contributed by atoms with van der Waals surface area (Å²) in [6.07, 6.45) is 0. The molecule has 0 unspecified atom stereocenters. The molecule has 3 aromatic rings. The lowest BCUT2D eigenvalue weighted by atomic mass is 10.1. The van der Waals surface area contributed by atoms with E-state index < -0.39 is 0 Å². The van der Waals surface area contributed by atoms with E-state index in [9.17, 15) is 9.59 Å². The number of anilines is 1. The monoisotopic (exact) mass is 437 g/mol. The third-order valence-corrected chi connectivity index (χ3v) is 6.13. The van der Waals surface area contributed by atoms with Gasteiger partial charge < -0.3 is 24.8 Å². The van der Waals surface area contributed by atoms with E-state index in [1.54, 1.807) is 18.2 Å². The van der Waals surface area contributed by atoms with Gasteiger partial charge in [-0.15, -0.1) is 0 Å². The van der Waals surface area contributed by atoms with E-state index in [0.29, 0.717) is 24.4 Å². The molecule has 2 aliphatic rings. The molecule has 1 aromatic heterocycles.